The molecule has 0 unspecified atom stereocenters. The fourth-order valence-electron chi connectivity index (χ4n) is 2.56. The zero-order chi connectivity index (χ0) is 16.2. The Morgan fingerprint density at radius 2 is 1.52 bits per heavy atom. The SMILES string of the molecule is COc1cc(CO)cc(C2=NCN=C2c2ccc(CO)cc2)c1. The van der Waals surface area contributed by atoms with Gasteiger partial charge < -0.3 is 14.9 Å². The van der Waals surface area contributed by atoms with Crippen molar-refractivity contribution in [1.29, 1.82) is 0 Å². The number of hydrogen-bond donors (Lipinski definition) is 2. The maximum absolute atomic E-state index is 9.42. The van der Waals surface area contributed by atoms with E-state index >= 15 is 0 Å². The molecule has 2 aromatic carbocycles. The van der Waals surface area contributed by atoms with E-state index < -0.39 is 0 Å². The van der Waals surface area contributed by atoms with Gasteiger partial charge in [-0.2, -0.15) is 0 Å². The largest absolute Gasteiger partial charge is 0.497 e. The van der Waals surface area contributed by atoms with Crippen molar-refractivity contribution >= 4 is 11.4 Å². The van der Waals surface area contributed by atoms with Crippen molar-refractivity contribution in [2.24, 2.45) is 9.98 Å². The highest BCUT2D eigenvalue weighted by molar-refractivity contribution is 6.54. The van der Waals surface area contributed by atoms with Gasteiger partial charge in [0.1, 0.15) is 12.4 Å². The first-order valence-corrected chi connectivity index (χ1v) is 7.34. The molecule has 5 nitrogen and oxygen atoms in total. The molecule has 3 rings (SSSR count). The molecule has 0 saturated carbocycles. The van der Waals surface area contributed by atoms with E-state index in [1.807, 2.05) is 36.4 Å². The van der Waals surface area contributed by atoms with E-state index in [1.165, 1.54) is 0 Å². The number of rotatable bonds is 5. The van der Waals surface area contributed by atoms with Crippen LogP contribution in [0.3, 0.4) is 0 Å². The van der Waals surface area contributed by atoms with Crippen LogP contribution in [-0.4, -0.2) is 35.4 Å². The summed E-state index contributed by atoms with van der Waals surface area (Å²) in [6.45, 7) is 0.344. The minimum atomic E-state index is -0.0604. The van der Waals surface area contributed by atoms with Gasteiger partial charge in [0.15, 0.2) is 0 Å². The second kappa shape index (κ2) is 6.73. The van der Waals surface area contributed by atoms with Crippen molar-refractivity contribution in [3.63, 3.8) is 0 Å². The van der Waals surface area contributed by atoms with Crippen molar-refractivity contribution in [3.8, 4) is 5.75 Å². The lowest BCUT2D eigenvalue weighted by atomic mass is 9.97. The molecule has 5 heteroatoms. The van der Waals surface area contributed by atoms with E-state index in [2.05, 4.69) is 9.98 Å². The molecule has 2 aromatic rings. The Balaban J connectivity index is 1.98. The van der Waals surface area contributed by atoms with Crippen LogP contribution in [0.15, 0.2) is 52.4 Å². The minimum absolute atomic E-state index is 0.0173. The summed E-state index contributed by atoms with van der Waals surface area (Å²) in [5.41, 5.74) is 5.04. The van der Waals surface area contributed by atoms with Gasteiger partial charge in [-0.25, -0.2) is 0 Å². The third-order valence-corrected chi connectivity index (χ3v) is 3.75. The molecular formula is C18H18N2O3. The van der Waals surface area contributed by atoms with Crippen LogP contribution < -0.4 is 4.74 Å². The lowest BCUT2D eigenvalue weighted by molar-refractivity contribution is 0.281. The highest BCUT2D eigenvalue weighted by atomic mass is 16.5. The Kier molecular flexibility index (Phi) is 4.50. The zero-order valence-electron chi connectivity index (χ0n) is 12.9. The number of aliphatic imine (C=N–C) groups is 2. The normalized spacial score (nSPS) is 13.7. The Hall–Kier alpha value is -2.50. The number of ether oxygens (including phenoxy) is 1. The van der Waals surface area contributed by atoms with Gasteiger partial charge in [-0.3, -0.25) is 9.98 Å². The molecule has 0 amide bonds. The quantitative estimate of drug-likeness (QED) is 0.886. The maximum Gasteiger partial charge on any atom is 0.130 e. The van der Waals surface area contributed by atoms with E-state index in [9.17, 15) is 5.11 Å². The molecule has 118 valence electrons. The van der Waals surface area contributed by atoms with Crippen LogP contribution in [0.5, 0.6) is 5.75 Å². The van der Waals surface area contributed by atoms with Gasteiger partial charge in [-0.05, 0) is 29.3 Å². The summed E-state index contributed by atoms with van der Waals surface area (Å²) in [6.07, 6.45) is 0. The van der Waals surface area contributed by atoms with Crippen LogP contribution in [0.4, 0.5) is 0 Å². The van der Waals surface area contributed by atoms with Crippen LogP contribution in [0, 0.1) is 0 Å². The first kappa shape index (κ1) is 15.4. The van der Waals surface area contributed by atoms with E-state index in [1.54, 1.807) is 13.2 Å². The average molecular weight is 310 g/mol. The zero-order valence-corrected chi connectivity index (χ0v) is 12.9. The molecule has 0 aromatic heterocycles. The first-order chi connectivity index (χ1) is 11.2. The summed E-state index contributed by atoms with van der Waals surface area (Å²) in [7, 11) is 1.60. The molecule has 2 N–H and O–H groups in total. The summed E-state index contributed by atoms with van der Waals surface area (Å²) in [5, 5.41) is 18.6. The average Bonchev–Trinajstić information content (AvgIpc) is 3.11. The van der Waals surface area contributed by atoms with Crippen LogP contribution in [0.25, 0.3) is 0 Å². The summed E-state index contributed by atoms with van der Waals surface area (Å²) in [6, 6.07) is 13.2. The van der Waals surface area contributed by atoms with Crippen LogP contribution in [-0.2, 0) is 13.2 Å². The molecule has 1 aliphatic rings. The fourth-order valence-corrected chi connectivity index (χ4v) is 2.56. The first-order valence-electron chi connectivity index (χ1n) is 7.34. The Morgan fingerprint density at radius 3 is 2.13 bits per heavy atom. The standard InChI is InChI=1S/C18H18N2O3/c1-23-16-7-13(10-22)6-15(8-16)18-17(19-11-20-18)14-4-2-12(9-21)3-5-14/h2-8,21-22H,9-11H2,1H3. The molecular weight excluding hydrogens is 292 g/mol. The van der Waals surface area contributed by atoms with Crippen molar-refractivity contribution in [2.75, 3.05) is 13.8 Å². The lowest BCUT2D eigenvalue weighted by Crippen LogP contribution is -2.14. The van der Waals surface area contributed by atoms with Crippen LogP contribution >= 0.6 is 0 Å². The molecule has 1 heterocycles. The molecule has 0 saturated heterocycles. The number of hydrogen-bond acceptors (Lipinski definition) is 5. The summed E-state index contributed by atoms with van der Waals surface area (Å²) >= 11 is 0. The predicted molar refractivity (Wildman–Crippen MR) is 89.2 cm³/mol. The fraction of sp³-hybridized carbons (Fsp3) is 0.222. The summed E-state index contributed by atoms with van der Waals surface area (Å²) in [4.78, 5) is 8.96. The molecule has 0 fully saturated rings. The van der Waals surface area contributed by atoms with Crippen molar-refractivity contribution < 1.29 is 14.9 Å². The number of methoxy groups -OCH3 is 1. The molecule has 0 aliphatic carbocycles. The van der Waals surface area contributed by atoms with Crippen LogP contribution in [0.1, 0.15) is 22.3 Å². The third kappa shape index (κ3) is 3.16. The lowest BCUT2D eigenvalue weighted by Gasteiger charge is -2.10. The molecule has 23 heavy (non-hydrogen) atoms. The molecule has 0 spiro atoms. The number of nitrogens with zero attached hydrogens (tertiary/aromatic N) is 2. The third-order valence-electron chi connectivity index (χ3n) is 3.75. The maximum atomic E-state index is 9.42. The topological polar surface area (TPSA) is 74.4 Å². The van der Waals surface area contributed by atoms with E-state index in [0.29, 0.717) is 12.4 Å². The van der Waals surface area contributed by atoms with E-state index in [4.69, 9.17) is 9.84 Å². The second-order valence-electron chi connectivity index (χ2n) is 5.24. The van der Waals surface area contributed by atoms with Gasteiger partial charge in [0, 0.05) is 11.1 Å². The molecule has 0 radical (unpaired) electrons. The van der Waals surface area contributed by atoms with E-state index in [0.717, 1.165) is 33.7 Å². The Bertz CT molecular complexity index is 742. The Labute approximate surface area is 134 Å². The molecule has 0 atom stereocenters. The van der Waals surface area contributed by atoms with Crippen molar-refractivity contribution in [2.45, 2.75) is 13.2 Å². The summed E-state index contributed by atoms with van der Waals surface area (Å²) < 4.78 is 5.29. The van der Waals surface area contributed by atoms with Crippen LogP contribution in [0.2, 0.25) is 0 Å². The second-order valence-corrected chi connectivity index (χ2v) is 5.24. The molecule has 1 aliphatic heterocycles. The monoisotopic (exact) mass is 310 g/mol. The van der Waals surface area contributed by atoms with Crippen molar-refractivity contribution in [1.82, 2.24) is 0 Å². The number of benzene rings is 2. The highest BCUT2D eigenvalue weighted by Crippen LogP contribution is 2.21. The summed E-state index contributed by atoms with van der Waals surface area (Å²) in [5.74, 6) is 0.677. The van der Waals surface area contributed by atoms with Gasteiger partial charge in [0.2, 0.25) is 0 Å². The van der Waals surface area contributed by atoms with Crippen molar-refractivity contribution in [3.05, 3.63) is 64.7 Å². The number of aliphatic hydroxyl groups excluding tert-OH is 2. The van der Waals surface area contributed by atoms with Gasteiger partial charge >= 0.3 is 0 Å². The van der Waals surface area contributed by atoms with E-state index in [-0.39, 0.29) is 13.2 Å². The smallest absolute Gasteiger partial charge is 0.130 e. The van der Waals surface area contributed by atoms with Gasteiger partial charge in [0.25, 0.3) is 0 Å². The van der Waals surface area contributed by atoms with Gasteiger partial charge in [-0.15, -0.1) is 0 Å². The van der Waals surface area contributed by atoms with Gasteiger partial charge in [0.05, 0.1) is 31.7 Å². The molecule has 0 bridgehead atoms. The predicted octanol–water partition coefficient (Wildman–Crippen LogP) is 1.93. The van der Waals surface area contributed by atoms with Gasteiger partial charge in [-0.1, -0.05) is 24.3 Å². The minimum Gasteiger partial charge on any atom is -0.497 e. The highest BCUT2D eigenvalue weighted by Gasteiger charge is 2.19. The number of aliphatic hydroxyl groups is 2. The Morgan fingerprint density at radius 1 is 0.870 bits per heavy atom.